The number of hydrogen-bond donors (Lipinski definition) is 1. The molecular weight excluding hydrogens is 322 g/mol. The lowest BCUT2D eigenvalue weighted by atomic mass is 9.97. The SMILES string of the molecule is CCc1nc(CN2CCC(CN=C(N)N3CCOCC3)CC2)cs1. The fourth-order valence-corrected chi connectivity index (χ4v) is 3.99. The summed E-state index contributed by atoms with van der Waals surface area (Å²) in [5.41, 5.74) is 7.34. The van der Waals surface area contributed by atoms with E-state index in [1.165, 1.54) is 23.5 Å². The van der Waals surface area contributed by atoms with Crippen molar-refractivity contribution >= 4 is 17.3 Å². The van der Waals surface area contributed by atoms with E-state index < -0.39 is 0 Å². The molecule has 0 radical (unpaired) electrons. The fourth-order valence-electron chi connectivity index (χ4n) is 3.26. The molecule has 3 rings (SSSR count). The van der Waals surface area contributed by atoms with Crippen LogP contribution in [0.5, 0.6) is 0 Å². The number of piperidine rings is 1. The number of nitrogens with two attached hydrogens (primary N) is 1. The Bertz CT molecular complexity index is 533. The summed E-state index contributed by atoms with van der Waals surface area (Å²) in [4.78, 5) is 14.0. The number of rotatable bonds is 5. The Kier molecular flexibility index (Phi) is 6.45. The number of nitrogens with zero attached hydrogens (tertiary/aromatic N) is 4. The fraction of sp³-hybridized carbons (Fsp3) is 0.765. The highest BCUT2D eigenvalue weighted by Crippen LogP contribution is 2.20. The summed E-state index contributed by atoms with van der Waals surface area (Å²) in [6, 6.07) is 0. The molecule has 0 aromatic carbocycles. The quantitative estimate of drug-likeness (QED) is 0.644. The second kappa shape index (κ2) is 8.78. The van der Waals surface area contributed by atoms with Crippen LogP contribution >= 0.6 is 11.3 Å². The van der Waals surface area contributed by atoms with Crippen molar-refractivity contribution < 1.29 is 4.74 Å². The van der Waals surface area contributed by atoms with Gasteiger partial charge in [-0.15, -0.1) is 11.3 Å². The average molecular weight is 352 g/mol. The molecule has 1 aromatic heterocycles. The first kappa shape index (κ1) is 17.6. The van der Waals surface area contributed by atoms with Crippen molar-refractivity contribution in [1.29, 1.82) is 0 Å². The molecule has 24 heavy (non-hydrogen) atoms. The van der Waals surface area contributed by atoms with Crippen LogP contribution in [0.2, 0.25) is 0 Å². The summed E-state index contributed by atoms with van der Waals surface area (Å²) >= 11 is 1.78. The number of ether oxygens (including phenoxy) is 1. The Morgan fingerprint density at radius 2 is 2.08 bits per heavy atom. The molecule has 2 aliphatic rings. The molecule has 0 aliphatic carbocycles. The van der Waals surface area contributed by atoms with E-state index in [2.05, 4.69) is 32.1 Å². The van der Waals surface area contributed by atoms with E-state index in [1.807, 2.05) is 0 Å². The van der Waals surface area contributed by atoms with Gasteiger partial charge in [0, 0.05) is 31.6 Å². The first-order chi connectivity index (χ1) is 11.7. The third-order valence-corrected chi connectivity index (χ3v) is 5.88. The number of aliphatic imine (C=N–C) groups is 1. The number of thiazole rings is 1. The molecule has 6 nitrogen and oxygen atoms in total. The van der Waals surface area contributed by atoms with Crippen LogP contribution < -0.4 is 5.73 Å². The summed E-state index contributed by atoms with van der Waals surface area (Å²) in [5.74, 6) is 1.35. The highest BCUT2D eigenvalue weighted by atomic mass is 32.1. The highest BCUT2D eigenvalue weighted by molar-refractivity contribution is 7.09. The second-order valence-electron chi connectivity index (χ2n) is 6.60. The molecule has 0 bridgehead atoms. The van der Waals surface area contributed by atoms with Crippen molar-refractivity contribution in [2.45, 2.75) is 32.7 Å². The maximum Gasteiger partial charge on any atom is 0.191 e. The van der Waals surface area contributed by atoms with Crippen LogP contribution in [0.25, 0.3) is 0 Å². The van der Waals surface area contributed by atoms with Crippen molar-refractivity contribution in [1.82, 2.24) is 14.8 Å². The third kappa shape index (κ3) is 4.91. The molecule has 2 aliphatic heterocycles. The number of morpholine rings is 1. The van der Waals surface area contributed by atoms with Crippen LogP contribution in [-0.4, -0.2) is 66.7 Å². The van der Waals surface area contributed by atoms with E-state index >= 15 is 0 Å². The van der Waals surface area contributed by atoms with Crippen molar-refractivity contribution in [2.75, 3.05) is 45.9 Å². The zero-order valence-electron chi connectivity index (χ0n) is 14.6. The number of hydrogen-bond acceptors (Lipinski definition) is 5. The van der Waals surface area contributed by atoms with E-state index in [0.717, 1.165) is 58.9 Å². The van der Waals surface area contributed by atoms with Gasteiger partial charge in [0.05, 0.1) is 23.9 Å². The minimum Gasteiger partial charge on any atom is -0.378 e. The Morgan fingerprint density at radius 3 is 2.75 bits per heavy atom. The molecule has 7 heteroatoms. The number of guanidine groups is 1. The van der Waals surface area contributed by atoms with Crippen LogP contribution in [0.1, 0.15) is 30.5 Å². The molecule has 2 saturated heterocycles. The van der Waals surface area contributed by atoms with Gasteiger partial charge < -0.3 is 15.4 Å². The second-order valence-corrected chi connectivity index (χ2v) is 7.55. The van der Waals surface area contributed by atoms with Gasteiger partial charge in [0.2, 0.25) is 0 Å². The van der Waals surface area contributed by atoms with Crippen LogP contribution in [0.15, 0.2) is 10.4 Å². The zero-order chi connectivity index (χ0) is 16.8. The normalized spacial score (nSPS) is 21.4. The van der Waals surface area contributed by atoms with Crippen molar-refractivity contribution in [2.24, 2.45) is 16.6 Å². The Labute approximate surface area is 148 Å². The largest absolute Gasteiger partial charge is 0.378 e. The maximum absolute atomic E-state index is 6.11. The number of likely N-dealkylation sites (tertiary alicyclic amines) is 1. The molecule has 0 atom stereocenters. The summed E-state index contributed by atoms with van der Waals surface area (Å²) in [6.45, 7) is 9.51. The number of aryl methyl sites for hydroxylation is 1. The van der Waals surface area contributed by atoms with Gasteiger partial charge in [0.15, 0.2) is 5.96 Å². The van der Waals surface area contributed by atoms with Crippen molar-refractivity contribution in [3.05, 3.63) is 16.1 Å². The molecule has 2 N–H and O–H groups in total. The monoisotopic (exact) mass is 351 g/mol. The van der Waals surface area contributed by atoms with E-state index in [0.29, 0.717) is 11.9 Å². The maximum atomic E-state index is 6.11. The third-order valence-electron chi connectivity index (χ3n) is 4.84. The average Bonchev–Trinajstić information content (AvgIpc) is 3.09. The van der Waals surface area contributed by atoms with Gasteiger partial charge in [-0.3, -0.25) is 9.89 Å². The minimum absolute atomic E-state index is 0.655. The van der Waals surface area contributed by atoms with Gasteiger partial charge >= 0.3 is 0 Å². The standard InChI is InChI=1S/C17H29N5OS/c1-2-16-20-15(13-24-16)12-21-5-3-14(4-6-21)11-19-17(18)22-7-9-23-10-8-22/h13-14H,2-12H2,1H3,(H2,18,19). The highest BCUT2D eigenvalue weighted by Gasteiger charge is 2.20. The molecule has 134 valence electrons. The summed E-state index contributed by atoms with van der Waals surface area (Å²) in [6.07, 6.45) is 3.44. The molecule has 0 saturated carbocycles. The molecule has 0 spiro atoms. The van der Waals surface area contributed by atoms with Crippen LogP contribution in [0, 0.1) is 5.92 Å². The lowest BCUT2D eigenvalue weighted by Crippen LogP contribution is -2.45. The molecule has 1 aromatic rings. The first-order valence-corrected chi connectivity index (χ1v) is 9.90. The molecule has 2 fully saturated rings. The molecule has 3 heterocycles. The summed E-state index contributed by atoms with van der Waals surface area (Å²) in [7, 11) is 0. The Morgan fingerprint density at radius 1 is 1.33 bits per heavy atom. The van der Waals surface area contributed by atoms with Gasteiger partial charge in [0.1, 0.15) is 0 Å². The van der Waals surface area contributed by atoms with Gasteiger partial charge in [-0.25, -0.2) is 4.98 Å². The van der Waals surface area contributed by atoms with Gasteiger partial charge in [0.25, 0.3) is 0 Å². The molecular formula is C17H29N5OS. The Hall–Kier alpha value is -1.18. The van der Waals surface area contributed by atoms with Gasteiger partial charge in [-0.1, -0.05) is 6.92 Å². The smallest absolute Gasteiger partial charge is 0.191 e. The predicted octanol–water partition coefficient (Wildman–Crippen LogP) is 1.56. The summed E-state index contributed by atoms with van der Waals surface area (Å²) in [5, 5.41) is 3.45. The lowest BCUT2D eigenvalue weighted by Gasteiger charge is -2.31. The van der Waals surface area contributed by atoms with E-state index in [4.69, 9.17) is 10.5 Å². The predicted molar refractivity (Wildman–Crippen MR) is 98.4 cm³/mol. The van der Waals surface area contributed by atoms with Crippen molar-refractivity contribution in [3.8, 4) is 0 Å². The number of aromatic nitrogens is 1. The lowest BCUT2D eigenvalue weighted by molar-refractivity contribution is 0.0673. The van der Waals surface area contributed by atoms with Gasteiger partial charge in [-0.2, -0.15) is 0 Å². The van der Waals surface area contributed by atoms with E-state index in [-0.39, 0.29) is 0 Å². The van der Waals surface area contributed by atoms with Crippen LogP contribution in [0.3, 0.4) is 0 Å². The molecule has 0 unspecified atom stereocenters. The molecule has 0 amide bonds. The van der Waals surface area contributed by atoms with E-state index in [9.17, 15) is 0 Å². The minimum atomic E-state index is 0.655. The van der Waals surface area contributed by atoms with Crippen LogP contribution in [0.4, 0.5) is 0 Å². The van der Waals surface area contributed by atoms with Crippen LogP contribution in [-0.2, 0) is 17.7 Å². The topological polar surface area (TPSA) is 67.0 Å². The summed E-state index contributed by atoms with van der Waals surface area (Å²) < 4.78 is 5.35. The van der Waals surface area contributed by atoms with Gasteiger partial charge in [-0.05, 0) is 38.3 Å². The first-order valence-electron chi connectivity index (χ1n) is 9.03. The zero-order valence-corrected chi connectivity index (χ0v) is 15.4. The Balaban J connectivity index is 1.40. The van der Waals surface area contributed by atoms with E-state index in [1.54, 1.807) is 11.3 Å². The van der Waals surface area contributed by atoms with Crippen molar-refractivity contribution in [3.63, 3.8) is 0 Å².